The summed E-state index contributed by atoms with van der Waals surface area (Å²) >= 11 is 0. The molecular weight excluding hydrogens is 1590 g/mol. The molecule has 0 aliphatic carbocycles. The van der Waals surface area contributed by atoms with E-state index in [4.69, 9.17) is 85.3 Å². The van der Waals surface area contributed by atoms with Gasteiger partial charge in [0.05, 0.1) is 76.7 Å². The van der Waals surface area contributed by atoms with E-state index in [1.54, 1.807) is 0 Å². The number of hydrogen-bond acceptors (Lipinski definition) is 47. The van der Waals surface area contributed by atoms with E-state index >= 15 is 0 Å². The number of rotatable bonds is 31. The molecule has 0 unspecified atom stereocenters. The van der Waals surface area contributed by atoms with E-state index < -0.39 is 365 Å². The molecule has 9 fully saturated rings. The summed E-state index contributed by atoms with van der Waals surface area (Å²) in [4.78, 5) is 39.5. The van der Waals surface area contributed by atoms with Crippen LogP contribution in [0, 0.1) is 0 Å². The third kappa shape index (κ3) is 21.3. The highest BCUT2D eigenvalue weighted by atomic mass is 16.8. The van der Waals surface area contributed by atoms with Crippen LogP contribution in [-0.2, 0) is 99.6 Å². The van der Waals surface area contributed by atoms with Crippen LogP contribution in [0.3, 0.4) is 0 Å². The van der Waals surface area contributed by atoms with Crippen LogP contribution in [0.5, 0.6) is 0 Å². The first-order valence-electron chi connectivity index (χ1n) is 37.5. The van der Waals surface area contributed by atoms with Crippen LogP contribution in [-0.4, -0.2) is 497 Å². The van der Waals surface area contributed by atoms with Gasteiger partial charge in [0.15, 0.2) is 56.6 Å². The molecule has 116 heavy (non-hydrogen) atoms. The van der Waals surface area contributed by atoms with Gasteiger partial charge in [-0.25, -0.2) is 0 Å². The lowest BCUT2D eigenvalue weighted by Crippen LogP contribution is -2.72. The molecule has 50 nitrogen and oxygen atoms in total. The Morgan fingerprint density at radius 2 is 0.647 bits per heavy atom. The lowest BCUT2D eigenvalue weighted by molar-refractivity contribution is -0.410. The molecule has 9 heterocycles. The minimum absolute atomic E-state index is 0.893. The largest absolute Gasteiger partial charge is 0.394 e. The first-order valence-corrected chi connectivity index (χ1v) is 37.5. The van der Waals surface area contributed by atoms with Crippen LogP contribution in [0.1, 0.15) is 48.5 Å². The van der Waals surface area contributed by atoms with Crippen LogP contribution < -0.4 is 16.0 Å². The average Bonchev–Trinajstić information content (AvgIpc) is 0.755. The summed E-state index contributed by atoms with van der Waals surface area (Å²) in [5.74, 6) is -2.90. The molecule has 0 aromatic rings. The van der Waals surface area contributed by atoms with Crippen molar-refractivity contribution in [2.75, 3.05) is 46.2 Å². The van der Waals surface area contributed by atoms with Crippen molar-refractivity contribution >= 4 is 17.7 Å². The summed E-state index contributed by atoms with van der Waals surface area (Å²) in [6.45, 7) is -0.396. The second-order valence-electron chi connectivity index (χ2n) is 29.9. The fourth-order valence-corrected chi connectivity index (χ4v) is 14.9. The molecule has 0 bridgehead atoms. The SMILES string of the molecule is CC(=O)N[C@H]1[C@H](OC[C@@H](O)[C@H](O)[C@H](O[C@@H]2O[C@H](CO)[C@H](O)[C@H](O)[C@H]2O[C@@H]2O[C@@H](C)[C@@H](O)[C@@H](O)[C@@H]2O)[C@H](CO)NC(C)=O)O[C@H](CO)[C@@H](O[C@@H]2O[C@H](CO)[C@H](O)[C@H](O[C@@H]3O[C@H](CO)[C@@H](O[C@@H]4O[C@H](CO)[C@H](O)[C@H](O)[C@H]4O[C@@H]4O[C@@H](C)[C@@H](O)[C@@H](O)[C@@H]4O)[C@H](O[C@@H]4O[C@@H](C)[C@@H](O)[C@@H](O)[C@@H]4O)[C@H]3NC(C)=O)[C@H]2O[C@@H]2O[C@@H](C)[C@@H](O)[C@@H](O)[C@@H]2O)[C@@H]1O. The fraction of sp³-hybridized carbons (Fsp3) is 0.955. The third-order valence-electron chi connectivity index (χ3n) is 21.6. The van der Waals surface area contributed by atoms with Gasteiger partial charge < -0.3 is 234 Å². The van der Waals surface area contributed by atoms with Gasteiger partial charge in [-0.05, 0) is 27.7 Å². The Morgan fingerprint density at radius 1 is 0.310 bits per heavy atom. The van der Waals surface area contributed by atoms with Crippen molar-refractivity contribution in [2.45, 2.75) is 349 Å². The van der Waals surface area contributed by atoms with Crippen molar-refractivity contribution in [3.63, 3.8) is 0 Å². The summed E-state index contributed by atoms with van der Waals surface area (Å²) in [6, 6.07) is -5.84. The van der Waals surface area contributed by atoms with Gasteiger partial charge in [-0.15, -0.1) is 0 Å². The number of ether oxygens (including phenoxy) is 18. The molecule has 0 spiro atoms. The summed E-state index contributed by atoms with van der Waals surface area (Å²) in [6.07, 6.45) is -93.4. The van der Waals surface area contributed by atoms with Gasteiger partial charge in [0.2, 0.25) is 17.7 Å². The Kier molecular flexibility index (Phi) is 34.8. The van der Waals surface area contributed by atoms with E-state index in [1.165, 1.54) is 27.7 Å². The van der Waals surface area contributed by atoms with Crippen molar-refractivity contribution in [3.05, 3.63) is 0 Å². The Bertz CT molecular complexity index is 3050. The highest BCUT2D eigenvalue weighted by molar-refractivity contribution is 5.74. The number of carbonyl (C=O) groups is 3. The highest BCUT2D eigenvalue weighted by Gasteiger charge is 2.62. The van der Waals surface area contributed by atoms with Crippen molar-refractivity contribution in [1.29, 1.82) is 0 Å². The Labute approximate surface area is 659 Å². The van der Waals surface area contributed by atoms with Gasteiger partial charge in [0.25, 0.3) is 0 Å². The minimum Gasteiger partial charge on any atom is -0.394 e. The van der Waals surface area contributed by atoms with E-state index in [0.29, 0.717) is 0 Å². The predicted octanol–water partition coefficient (Wildman–Crippen LogP) is -18.6. The molecule has 9 aliphatic heterocycles. The highest BCUT2D eigenvalue weighted by Crippen LogP contribution is 2.41. The normalized spacial score (nSPS) is 48.9. The Morgan fingerprint density at radius 3 is 1.06 bits per heavy atom. The maximum absolute atomic E-state index is 13.7. The van der Waals surface area contributed by atoms with E-state index in [-0.39, 0.29) is 0 Å². The maximum atomic E-state index is 13.7. The van der Waals surface area contributed by atoms with Crippen molar-refractivity contribution in [1.82, 2.24) is 16.0 Å². The number of amides is 3. The number of aliphatic hydroxyl groups excluding tert-OH is 26. The van der Waals surface area contributed by atoms with E-state index in [2.05, 4.69) is 16.0 Å². The first kappa shape index (κ1) is 96.5. The Balaban J connectivity index is 1.04. The molecule has 0 radical (unpaired) electrons. The van der Waals surface area contributed by atoms with Gasteiger partial charge in [0.1, 0.15) is 214 Å². The zero-order chi connectivity index (χ0) is 85.8. The molecule has 49 atom stereocenters. The van der Waals surface area contributed by atoms with Crippen molar-refractivity contribution < 1.29 is 232 Å². The van der Waals surface area contributed by atoms with Crippen LogP contribution in [0.2, 0.25) is 0 Å². The van der Waals surface area contributed by atoms with E-state index in [0.717, 1.165) is 20.8 Å². The molecule has 3 amide bonds. The Hall–Kier alpha value is -3.35. The van der Waals surface area contributed by atoms with Gasteiger partial charge >= 0.3 is 0 Å². The van der Waals surface area contributed by atoms with Gasteiger partial charge in [-0.1, -0.05) is 0 Å². The van der Waals surface area contributed by atoms with Crippen LogP contribution in [0.15, 0.2) is 0 Å². The van der Waals surface area contributed by atoms with Crippen LogP contribution in [0.25, 0.3) is 0 Å². The maximum Gasteiger partial charge on any atom is 0.217 e. The van der Waals surface area contributed by atoms with Gasteiger partial charge in [-0.3, -0.25) is 14.4 Å². The number of nitrogens with one attached hydrogen (secondary N) is 3. The minimum atomic E-state index is -2.44. The zero-order valence-electron chi connectivity index (χ0n) is 63.4. The van der Waals surface area contributed by atoms with E-state index in [1.807, 2.05) is 0 Å². The molecule has 0 aromatic heterocycles. The van der Waals surface area contributed by atoms with E-state index in [9.17, 15) is 147 Å². The molecule has 9 rings (SSSR count). The summed E-state index contributed by atoms with van der Waals surface area (Å²) in [7, 11) is 0. The lowest BCUT2D eigenvalue weighted by atomic mass is 9.93. The third-order valence-corrected chi connectivity index (χ3v) is 21.6. The summed E-state index contributed by atoms with van der Waals surface area (Å²) < 4.78 is 109. The molecule has 0 saturated carbocycles. The topological polar surface area (TPSA) is 779 Å². The van der Waals surface area contributed by atoms with Crippen LogP contribution >= 0.6 is 0 Å². The zero-order valence-corrected chi connectivity index (χ0v) is 63.4. The van der Waals surface area contributed by atoms with Gasteiger partial charge in [-0.2, -0.15) is 0 Å². The first-order chi connectivity index (χ1) is 54.7. The van der Waals surface area contributed by atoms with Crippen molar-refractivity contribution in [3.8, 4) is 0 Å². The molecule has 0 aromatic carbocycles. The van der Waals surface area contributed by atoms with Crippen molar-refractivity contribution in [2.24, 2.45) is 0 Å². The van der Waals surface area contributed by atoms with Gasteiger partial charge in [0, 0.05) is 20.8 Å². The standard InChI is InChI=1S/C66H113N3O47/c1-15-31(80)40(89)46(95)60(100-15)112-53-30(69-21(7)78)59(108-28(13-75)52(53)111-65-56(45(94)37(86)25(10-72)105-65)115-62-48(97)42(91)33(82)17(3)102-62)113-54-38(87)26(11-73)106-66(57(54)116-63-49(98)43(92)34(83)18(4)103-63)110-51-27(12-74)107-58(29(39(51)88)68-20(6)77)99-14-23(79)35(84)50(22(8-70)67-19(5)76)109-64-55(44(93)36(85)24(9-71)104-64)114-61-47(96)41(90)32(81)16(2)101-61/h15-18,22-66,70-75,79-98H,8-14H2,1-7H3,(H,67,76)(H,68,77)(H,69,78)/t15-,16-,17-,18-,22-,23+,24+,25+,26+,27+,28+,29+,30+,31+,32+,33+,34+,35-,36-,37-,38-,39+,40+,41+,42+,43+,44-,45-,46-,47-,48-,49-,50+,51+,52+,53+,54-,55+,56+,57+,58+,59-,60-,61-,62-,63-,64-,65-,66-/m0/s1. The molecular formula is C66H113N3O47. The monoisotopic (exact) mass is 1700 g/mol. The smallest absolute Gasteiger partial charge is 0.217 e. The molecule has 674 valence electrons. The molecule has 9 saturated heterocycles. The summed E-state index contributed by atoms with van der Waals surface area (Å²) in [5.41, 5.74) is 0. The second-order valence-corrected chi connectivity index (χ2v) is 29.9. The molecule has 29 N–H and O–H groups in total. The quantitative estimate of drug-likeness (QED) is 0.0306. The average molecular weight is 1700 g/mol. The fourth-order valence-electron chi connectivity index (χ4n) is 14.9. The second kappa shape index (κ2) is 41.9. The summed E-state index contributed by atoms with van der Waals surface area (Å²) in [5, 5.41) is 297. The molecule has 50 heteroatoms. The lowest BCUT2D eigenvalue weighted by Gasteiger charge is -2.53. The predicted molar refractivity (Wildman–Crippen MR) is 361 cm³/mol. The van der Waals surface area contributed by atoms with Crippen LogP contribution in [0.4, 0.5) is 0 Å². The number of aliphatic hydroxyl groups is 26. The number of hydrogen-bond donors (Lipinski definition) is 29. The molecule has 9 aliphatic rings. The number of carbonyl (C=O) groups excluding carboxylic acids is 3.